The van der Waals surface area contributed by atoms with Gasteiger partial charge < -0.3 is 31.3 Å². The van der Waals surface area contributed by atoms with E-state index >= 15 is 0 Å². The summed E-state index contributed by atoms with van der Waals surface area (Å²) in [5.74, 6) is -7.11. The first kappa shape index (κ1) is 28.2. The van der Waals surface area contributed by atoms with Crippen molar-refractivity contribution in [3.8, 4) is 5.75 Å². The topological polar surface area (TPSA) is 182 Å². The number of nitrogens with two attached hydrogens (primary N) is 1. The number of ketones is 2. The first-order chi connectivity index (χ1) is 17.8. The third-order valence-corrected chi connectivity index (χ3v) is 9.05. The van der Waals surface area contributed by atoms with Crippen LogP contribution in [0.1, 0.15) is 37.3 Å². The van der Waals surface area contributed by atoms with Gasteiger partial charge in [-0.05, 0) is 43.8 Å². The van der Waals surface area contributed by atoms with Crippen molar-refractivity contribution in [2.24, 2.45) is 23.5 Å². The summed E-state index contributed by atoms with van der Waals surface area (Å²) in [5.41, 5.74) is 1.66. The van der Waals surface area contributed by atoms with Gasteiger partial charge >= 0.3 is 0 Å². The Kier molecular flexibility index (Phi) is 7.43. The van der Waals surface area contributed by atoms with E-state index in [9.17, 15) is 39.9 Å². The summed E-state index contributed by atoms with van der Waals surface area (Å²) in [4.78, 5) is 40.9. The number of benzene rings is 1. The number of amides is 1. The van der Waals surface area contributed by atoms with E-state index in [2.05, 4.69) is 13.8 Å². The molecule has 1 saturated carbocycles. The number of carbonyl (C=O) groups is 3. The van der Waals surface area contributed by atoms with Gasteiger partial charge in [0, 0.05) is 23.2 Å². The second-order valence-electron chi connectivity index (χ2n) is 10.9. The molecule has 0 radical (unpaired) electrons. The minimum atomic E-state index is -2.91. The van der Waals surface area contributed by atoms with Gasteiger partial charge in [0.25, 0.3) is 5.91 Å². The van der Waals surface area contributed by atoms with Gasteiger partial charge in [-0.25, -0.2) is 0 Å². The number of Topliss-reactive ketones (excluding diaryl/α,β-unsaturated/α-hetero) is 2. The quantitative estimate of drug-likeness (QED) is 0.215. The summed E-state index contributed by atoms with van der Waals surface area (Å²) >= 11 is 1.59. The molecule has 3 aliphatic carbocycles. The molecule has 0 aromatic heterocycles. The van der Waals surface area contributed by atoms with Crippen molar-refractivity contribution in [2.45, 2.75) is 43.9 Å². The molecule has 1 amide bonds. The number of aromatic hydroxyl groups is 1. The molecule has 0 saturated heterocycles. The van der Waals surface area contributed by atoms with E-state index in [0.29, 0.717) is 17.2 Å². The predicted molar refractivity (Wildman–Crippen MR) is 141 cm³/mol. The van der Waals surface area contributed by atoms with Crippen LogP contribution < -0.4 is 5.73 Å². The average molecular weight is 547 g/mol. The van der Waals surface area contributed by atoms with E-state index < -0.39 is 70.1 Å². The van der Waals surface area contributed by atoms with Gasteiger partial charge in [0.05, 0.1) is 23.6 Å². The maximum atomic E-state index is 14.1. The summed E-state index contributed by atoms with van der Waals surface area (Å²) in [6.45, 7) is 4.19. The van der Waals surface area contributed by atoms with Crippen molar-refractivity contribution in [1.29, 1.82) is 0 Å². The smallest absolute Gasteiger partial charge is 0.255 e. The standard InChI is InChI=1S/C27H34N2O8S/c1-11(2)8-9-38-10-13-12-6-5-7-14(30)15(12)21(31)17-16(13)22(32)19-20(29(3)4)23(33)18(26(28)36)25(35)27(19,37)24(17)34/h5-7,11,13,16,19-20,22,30-32,35,37H,8-10H2,1-4H3,(H2,28,36)/t13-,16+,19+,20-,22-,27-/m0/s1. The largest absolute Gasteiger partial charge is 0.508 e. The third-order valence-electron chi connectivity index (χ3n) is 7.93. The van der Waals surface area contributed by atoms with Crippen LogP contribution in [0.3, 0.4) is 0 Å². The second-order valence-corrected chi connectivity index (χ2v) is 12.0. The molecule has 206 valence electrons. The Bertz CT molecular complexity index is 1260. The number of hydrogen-bond donors (Lipinski definition) is 6. The van der Waals surface area contributed by atoms with Crippen molar-refractivity contribution in [3.05, 3.63) is 46.2 Å². The molecule has 0 unspecified atom stereocenters. The average Bonchev–Trinajstić information content (AvgIpc) is 2.82. The lowest BCUT2D eigenvalue weighted by molar-refractivity contribution is -0.169. The number of phenols is 1. The number of rotatable bonds is 7. The minimum Gasteiger partial charge on any atom is -0.508 e. The summed E-state index contributed by atoms with van der Waals surface area (Å²) in [7, 11) is 2.97. The maximum absolute atomic E-state index is 14.1. The van der Waals surface area contributed by atoms with Crippen LogP contribution in [0.25, 0.3) is 5.76 Å². The van der Waals surface area contributed by atoms with E-state index in [4.69, 9.17) is 5.73 Å². The number of hydrogen-bond acceptors (Lipinski definition) is 10. The lowest BCUT2D eigenvalue weighted by Gasteiger charge is -2.54. The fraction of sp³-hybridized carbons (Fsp3) is 0.519. The zero-order chi connectivity index (χ0) is 28.3. The Morgan fingerprint density at radius 1 is 1.18 bits per heavy atom. The van der Waals surface area contributed by atoms with E-state index in [1.807, 2.05) is 0 Å². The SMILES string of the molecule is CC(C)CCSC[C@H]1c2cccc(O)c2C(O)=C2C(=O)[C@]3(O)C(O)=C(C(N)=O)C(=O)[C@@H](N(C)C)[C@@H]3[C@@H](O)[C@@H]21. The van der Waals surface area contributed by atoms with E-state index in [-0.39, 0.29) is 16.9 Å². The molecular weight excluding hydrogens is 512 g/mol. The lowest BCUT2D eigenvalue weighted by Crippen LogP contribution is -2.70. The molecule has 4 rings (SSSR count). The number of likely N-dealkylation sites (N-methyl/N-ethyl adjacent to an activating group) is 1. The summed E-state index contributed by atoms with van der Waals surface area (Å²) in [6.07, 6.45) is -0.674. The van der Waals surface area contributed by atoms with Crippen LogP contribution in [0.2, 0.25) is 0 Å². The molecule has 0 heterocycles. The Hall–Kier alpha value is -2.86. The Labute approximate surface area is 224 Å². The highest BCUT2D eigenvalue weighted by molar-refractivity contribution is 7.99. The molecular formula is C27H34N2O8S. The van der Waals surface area contributed by atoms with Gasteiger partial charge in [0.2, 0.25) is 5.78 Å². The first-order valence-electron chi connectivity index (χ1n) is 12.5. The molecule has 7 N–H and O–H groups in total. The summed E-state index contributed by atoms with van der Waals surface area (Å²) < 4.78 is 0. The zero-order valence-corrected chi connectivity index (χ0v) is 22.5. The molecule has 3 aliphatic rings. The Morgan fingerprint density at radius 2 is 1.84 bits per heavy atom. The Balaban J connectivity index is 1.95. The predicted octanol–water partition coefficient (Wildman–Crippen LogP) is 1.26. The van der Waals surface area contributed by atoms with Crippen LogP contribution >= 0.6 is 11.8 Å². The van der Waals surface area contributed by atoms with Crippen molar-refractivity contribution in [3.63, 3.8) is 0 Å². The van der Waals surface area contributed by atoms with Crippen molar-refractivity contribution in [1.82, 2.24) is 4.90 Å². The number of fused-ring (bicyclic) bond motifs is 3. The molecule has 6 atom stereocenters. The molecule has 1 aromatic rings. The van der Waals surface area contributed by atoms with Crippen molar-refractivity contribution in [2.75, 3.05) is 25.6 Å². The fourth-order valence-electron chi connectivity index (χ4n) is 6.12. The van der Waals surface area contributed by atoms with Gasteiger partial charge in [-0.3, -0.25) is 19.3 Å². The molecule has 1 aromatic carbocycles. The van der Waals surface area contributed by atoms with Crippen LogP contribution in [0, 0.1) is 17.8 Å². The summed E-state index contributed by atoms with van der Waals surface area (Å²) in [5, 5.41) is 56.5. The highest BCUT2D eigenvalue weighted by Gasteiger charge is 2.68. The zero-order valence-electron chi connectivity index (χ0n) is 21.7. The van der Waals surface area contributed by atoms with Crippen molar-refractivity contribution < 1.29 is 39.9 Å². The third kappa shape index (κ3) is 4.03. The fourth-order valence-corrected chi connectivity index (χ4v) is 7.57. The monoisotopic (exact) mass is 546 g/mol. The number of thioether (sulfide) groups is 1. The van der Waals surface area contributed by atoms with Gasteiger partial charge in [-0.15, -0.1) is 0 Å². The van der Waals surface area contributed by atoms with Gasteiger partial charge in [-0.1, -0.05) is 26.0 Å². The summed E-state index contributed by atoms with van der Waals surface area (Å²) in [6, 6.07) is 3.28. The normalized spacial score (nSPS) is 31.0. The van der Waals surface area contributed by atoms with E-state index in [1.54, 1.807) is 23.9 Å². The molecule has 38 heavy (non-hydrogen) atoms. The van der Waals surface area contributed by atoms with Crippen LogP contribution in [0.4, 0.5) is 0 Å². The number of aliphatic hydroxyl groups is 4. The van der Waals surface area contributed by atoms with Crippen LogP contribution in [-0.2, 0) is 14.4 Å². The van der Waals surface area contributed by atoms with Gasteiger partial charge in [0.15, 0.2) is 11.4 Å². The van der Waals surface area contributed by atoms with E-state index in [0.717, 1.165) is 12.2 Å². The maximum Gasteiger partial charge on any atom is 0.255 e. The number of phenolic OH excluding ortho intramolecular Hbond substituents is 1. The number of carbonyl (C=O) groups excluding carboxylic acids is 3. The van der Waals surface area contributed by atoms with Gasteiger partial charge in [-0.2, -0.15) is 11.8 Å². The molecule has 0 bridgehead atoms. The molecule has 11 heteroatoms. The lowest BCUT2D eigenvalue weighted by atomic mass is 9.54. The minimum absolute atomic E-state index is 0.00505. The first-order valence-corrected chi connectivity index (χ1v) is 13.6. The van der Waals surface area contributed by atoms with Crippen LogP contribution in [0.5, 0.6) is 5.75 Å². The number of aliphatic hydroxyl groups excluding tert-OH is 3. The highest BCUT2D eigenvalue weighted by atomic mass is 32.2. The van der Waals surface area contributed by atoms with Crippen LogP contribution in [0.15, 0.2) is 35.1 Å². The van der Waals surface area contributed by atoms with E-state index in [1.165, 1.54) is 25.1 Å². The molecule has 10 nitrogen and oxygen atoms in total. The molecule has 1 fully saturated rings. The molecule has 0 aliphatic heterocycles. The second kappa shape index (κ2) is 10.0. The highest BCUT2D eigenvalue weighted by Crippen LogP contribution is 2.56. The Morgan fingerprint density at radius 3 is 2.42 bits per heavy atom. The van der Waals surface area contributed by atoms with Gasteiger partial charge in [0.1, 0.15) is 22.8 Å². The number of primary amides is 1. The van der Waals surface area contributed by atoms with Crippen molar-refractivity contribution >= 4 is 35.0 Å². The molecule has 0 spiro atoms. The van der Waals surface area contributed by atoms with Crippen LogP contribution in [-0.4, -0.2) is 91.3 Å². The number of nitrogens with zero attached hydrogens (tertiary/aromatic N) is 1.